The van der Waals surface area contributed by atoms with Gasteiger partial charge in [0.25, 0.3) is 0 Å². The Morgan fingerprint density at radius 1 is 0.333 bits per heavy atom. The van der Waals surface area contributed by atoms with Crippen molar-refractivity contribution >= 4 is 17.9 Å². The molecule has 1 atom stereocenters. The Balaban J connectivity index is 4.46. The highest BCUT2D eigenvalue weighted by Crippen LogP contribution is 2.13. The predicted molar refractivity (Wildman–Crippen MR) is 270 cm³/mol. The van der Waals surface area contributed by atoms with Crippen LogP contribution in [0.5, 0.6) is 0 Å². The molecule has 6 nitrogen and oxygen atoms in total. The van der Waals surface area contributed by atoms with E-state index >= 15 is 0 Å². The van der Waals surface area contributed by atoms with Crippen molar-refractivity contribution in [2.24, 2.45) is 0 Å². The van der Waals surface area contributed by atoms with Gasteiger partial charge in [-0.2, -0.15) is 0 Å². The van der Waals surface area contributed by atoms with Crippen molar-refractivity contribution < 1.29 is 28.6 Å². The largest absolute Gasteiger partial charge is 0.462 e. The molecule has 1 unspecified atom stereocenters. The van der Waals surface area contributed by atoms with Crippen molar-refractivity contribution in [3.63, 3.8) is 0 Å². The molecule has 0 aromatic rings. The number of esters is 3. The smallest absolute Gasteiger partial charge is 0.306 e. The number of unbranched alkanes of at least 4 members (excludes halogenated alkanes) is 15. The van der Waals surface area contributed by atoms with E-state index in [-0.39, 0.29) is 31.1 Å². The second-order valence-electron chi connectivity index (χ2n) is 16.3. The number of carbonyl (C=O) groups excluding carboxylic acids is 3. The third-order valence-electron chi connectivity index (χ3n) is 10.3. The molecule has 0 spiro atoms. The molecule has 0 saturated carbocycles. The Labute approximate surface area is 387 Å². The number of allylic oxidation sites excluding steroid dienone is 18. The van der Waals surface area contributed by atoms with Crippen molar-refractivity contribution in [3.05, 3.63) is 109 Å². The Hall–Kier alpha value is -3.93. The van der Waals surface area contributed by atoms with Gasteiger partial charge in [-0.1, -0.05) is 201 Å². The van der Waals surface area contributed by atoms with Crippen LogP contribution >= 0.6 is 0 Å². The second kappa shape index (κ2) is 50.7. The maximum Gasteiger partial charge on any atom is 0.306 e. The van der Waals surface area contributed by atoms with Gasteiger partial charge in [-0.25, -0.2) is 0 Å². The number of carbonyl (C=O) groups is 3. The molecule has 0 aliphatic rings. The standard InChI is InChI=1S/C57H92O6/c1-4-7-10-13-16-19-21-23-25-27-28-30-31-33-35-38-41-44-47-50-56(59)62-53-54(52-61-55(58)49-46-43-40-37-18-15-12-9-6-3)63-57(60)51-48-45-42-39-36-34-32-29-26-24-22-20-17-14-11-8-5-2/h7-8,10-11,16-17,19-20,23-26,28,30,32-35,54H,4-6,9,12-15,18,21-22,27,29,31,36-53H2,1-3H3/b10-7-,11-8-,19-16-,20-17-,25-23-,26-24-,30-28-,34-32-,35-33-. The van der Waals surface area contributed by atoms with E-state index in [1.54, 1.807) is 0 Å². The maximum atomic E-state index is 12.8. The van der Waals surface area contributed by atoms with Gasteiger partial charge in [-0.05, 0) is 103 Å². The molecule has 6 heteroatoms. The summed E-state index contributed by atoms with van der Waals surface area (Å²) in [5.74, 6) is -0.966. The summed E-state index contributed by atoms with van der Waals surface area (Å²) in [4.78, 5) is 37.9. The highest BCUT2D eigenvalue weighted by Gasteiger charge is 2.19. The Kier molecular flexibility index (Phi) is 47.5. The molecule has 0 aliphatic heterocycles. The van der Waals surface area contributed by atoms with Crippen molar-refractivity contribution in [2.45, 2.75) is 219 Å². The van der Waals surface area contributed by atoms with E-state index in [1.165, 1.54) is 38.5 Å². The monoisotopic (exact) mass is 873 g/mol. The zero-order chi connectivity index (χ0) is 45.8. The molecule has 0 fully saturated rings. The van der Waals surface area contributed by atoms with Gasteiger partial charge in [-0.15, -0.1) is 0 Å². The van der Waals surface area contributed by atoms with Crippen LogP contribution in [0.2, 0.25) is 0 Å². The van der Waals surface area contributed by atoms with Gasteiger partial charge in [0, 0.05) is 19.3 Å². The molecule has 0 bridgehead atoms. The lowest BCUT2D eigenvalue weighted by Gasteiger charge is -2.18. The summed E-state index contributed by atoms with van der Waals surface area (Å²) < 4.78 is 16.7. The summed E-state index contributed by atoms with van der Waals surface area (Å²) in [6, 6.07) is 0. The van der Waals surface area contributed by atoms with Crippen LogP contribution in [0.4, 0.5) is 0 Å². The van der Waals surface area contributed by atoms with Crippen LogP contribution in [-0.2, 0) is 28.6 Å². The fourth-order valence-electron chi connectivity index (χ4n) is 6.52. The number of hydrogen-bond donors (Lipinski definition) is 0. The molecular formula is C57H92O6. The van der Waals surface area contributed by atoms with E-state index < -0.39 is 6.10 Å². The highest BCUT2D eigenvalue weighted by atomic mass is 16.6. The topological polar surface area (TPSA) is 78.9 Å². The van der Waals surface area contributed by atoms with Crippen LogP contribution in [0.15, 0.2) is 109 Å². The summed E-state index contributed by atoms with van der Waals surface area (Å²) in [6.07, 6.45) is 67.9. The summed E-state index contributed by atoms with van der Waals surface area (Å²) >= 11 is 0. The van der Waals surface area contributed by atoms with Gasteiger partial charge in [0.05, 0.1) is 0 Å². The molecule has 0 aliphatic carbocycles. The molecule has 0 aromatic carbocycles. The van der Waals surface area contributed by atoms with E-state index in [2.05, 4.69) is 130 Å². The molecular weight excluding hydrogens is 781 g/mol. The first-order valence-electron chi connectivity index (χ1n) is 25.4. The normalized spacial score (nSPS) is 13.0. The molecule has 0 aromatic heterocycles. The van der Waals surface area contributed by atoms with Crippen LogP contribution < -0.4 is 0 Å². The fraction of sp³-hybridized carbons (Fsp3) is 0.632. The molecule has 356 valence electrons. The van der Waals surface area contributed by atoms with Gasteiger partial charge >= 0.3 is 17.9 Å². The SMILES string of the molecule is CC/C=C\C/C=C\C/C=C\C/C=C\C/C=C\CCCCCC(=O)OCC(COC(=O)CCCCCCCCCCC)OC(=O)CCCCCC/C=C\C/C=C\C/C=C\C/C=C\CC. The van der Waals surface area contributed by atoms with E-state index in [0.29, 0.717) is 19.3 Å². The average Bonchev–Trinajstić information content (AvgIpc) is 3.28. The lowest BCUT2D eigenvalue weighted by atomic mass is 10.1. The molecule has 0 amide bonds. The van der Waals surface area contributed by atoms with Crippen LogP contribution in [0.25, 0.3) is 0 Å². The van der Waals surface area contributed by atoms with Crippen LogP contribution in [0.1, 0.15) is 213 Å². The molecule has 0 rings (SSSR count). The second-order valence-corrected chi connectivity index (χ2v) is 16.3. The lowest BCUT2D eigenvalue weighted by molar-refractivity contribution is -0.167. The fourth-order valence-corrected chi connectivity index (χ4v) is 6.52. The summed E-state index contributed by atoms with van der Waals surface area (Å²) in [5, 5.41) is 0. The van der Waals surface area contributed by atoms with Crippen molar-refractivity contribution in [1.29, 1.82) is 0 Å². The first-order valence-corrected chi connectivity index (χ1v) is 25.4. The summed E-state index contributed by atoms with van der Waals surface area (Å²) in [6.45, 7) is 6.32. The predicted octanol–water partition coefficient (Wildman–Crippen LogP) is 16.8. The minimum Gasteiger partial charge on any atom is -0.462 e. The van der Waals surface area contributed by atoms with Crippen molar-refractivity contribution in [3.8, 4) is 0 Å². The van der Waals surface area contributed by atoms with Gasteiger partial charge in [-0.3, -0.25) is 14.4 Å². The number of rotatable bonds is 44. The van der Waals surface area contributed by atoms with E-state index in [0.717, 1.165) is 135 Å². The minimum atomic E-state index is -0.804. The van der Waals surface area contributed by atoms with Gasteiger partial charge in [0.2, 0.25) is 0 Å². The lowest BCUT2D eigenvalue weighted by Crippen LogP contribution is -2.30. The van der Waals surface area contributed by atoms with E-state index in [9.17, 15) is 14.4 Å². The van der Waals surface area contributed by atoms with Gasteiger partial charge < -0.3 is 14.2 Å². The van der Waals surface area contributed by atoms with E-state index in [1.807, 2.05) is 0 Å². The third-order valence-corrected chi connectivity index (χ3v) is 10.3. The van der Waals surface area contributed by atoms with Crippen LogP contribution in [0, 0.1) is 0 Å². The first-order chi connectivity index (χ1) is 31.0. The molecule has 63 heavy (non-hydrogen) atoms. The average molecular weight is 873 g/mol. The summed E-state index contributed by atoms with van der Waals surface area (Å²) in [7, 11) is 0. The highest BCUT2D eigenvalue weighted by molar-refractivity contribution is 5.71. The first kappa shape index (κ1) is 59.1. The minimum absolute atomic E-state index is 0.0998. The number of hydrogen-bond acceptors (Lipinski definition) is 6. The molecule has 0 saturated heterocycles. The Bertz CT molecular complexity index is 1330. The van der Waals surface area contributed by atoms with E-state index in [4.69, 9.17) is 14.2 Å². The van der Waals surface area contributed by atoms with Gasteiger partial charge in [0.1, 0.15) is 13.2 Å². The summed E-state index contributed by atoms with van der Waals surface area (Å²) in [5.41, 5.74) is 0. The zero-order valence-electron chi connectivity index (χ0n) is 40.5. The third kappa shape index (κ3) is 49.0. The molecule has 0 N–H and O–H groups in total. The molecule has 0 heterocycles. The van der Waals surface area contributed by atoms with Crippen molar-refractivity contribution in [1.82, 2.24) is 0 Å². The molecule has 0 radical (unpaired) electrons. The Morgan fingerprint density at radius 3 is 0.984 bits per heavy atom. The number of ether oxygens (including phenoxy) is 3. The zero-order valence-corrected chi connectivity index (χ0v) is 40.5. The van der Waals surface area contributed by atoms with Crippen LogP contribution in [-0.4, -0.2) is 37.2 Å². The quantitative estimate of drug-likeness (QED) is 0.0263. The maximum absolute atomic E-state index is 12.8. The Morgan fingerprint density at radius 2 is 0.619 bits per heavy atom. The van der Waals surface area contributed by atoms with Crippen molar-refractivity contribution in [2.75, 3.05) is 13.2 Å². The van der Waals surface area contributed by atoms with Gasteiger partial charge in [0.15, 0.2) is 6.10 Å². The van der Waals surface area contributed by atoms with Crippen LogP contribution in [0.3, 0.4) is 0 Å².